The van der Waals surface area contributed by atoms with Crippen molar-refractivity contribution in [2.75, 3.05) is 11.4 Å². The third-order valence-electron chi connectivity index (χ3n) is 6.85. The van der Waals surface area contributed by atoms with Crippen LogP contribution in [0.5, 0.6) is 5.75 Å². The van der Waals surface area contributed by atoms with Gasteiger partial charge in [0.25, 0.3) is 5.91 Å². The molecule has 8 nitrogen and oxygen atoms in total. The van der Waals surface area contributed by atoms with Crippen molar-refractivity contribution in [3.8, 4) is 5.75 Å². The van der Waals surface area contributed by atoms with E-state index in [0.717, 1.165) is 16.7 Å². The van der Waals surface area contributed by atoms with Gasteiger partial charge in [-0.2, -0.15) is 0 Å². The van der Waals surface area contributed by atoms with E-state index in [2.05, 4.69) is 10.0 Å². The number of aryl methyl sites for hydroxylation is 1. The van der Waals surface area contributed by atoms with Gasteiger partial charge in [0.05, 0.1) is 17.1 Å². The molecule has 210 valence electrons. The Balaban J connectivity index is 1.19. The molecule has 0 aromatic heterocycles. The second-order valence-electron chi connectivity index (χ2n) is 9.74. The molecule has 1 aliphatic rings. The highest BCUT2D eigenvalue weighted by Gasteiger charge is 2.33. The van der Waals surface area contributed by atoms with Gasteiger partial charge in [0.1, 0.15) is 5.75 Å². The molecular formula is C32H31N3O5S. The number of para-hydroxylation sites is 2. The smallest absolute Gasteiger partial charge is 0.263 e. The van der Waals surface area contributed by atoms with E-state index in [0.29, 0.717) is 24.4 Å². The summed E-state index contributed by atoms with van der Waals surface area (Å²) in [7, 11) is -3.67. The van der Waals surface area contributed by atoms with E-state index < -0.39 is 16.1 Å². The summed E-state index contributed by atoms with van der Waals surface area (Å²) in [6, 6.07) is 32.6. The SMILES string of the molecule is O=C(NCc1ccccc1)C1CN(C(=O)CCc2ccc(S(=O)(=O)NCc3ccccc3)cc2)c2ccccc2O1. The number of rotatable bonds is 10. The van der Waals surface area contributed by atoms with Crippen molar-refractivity contribution in [3.05, 3.63) is 126 Å². The number of amides is 2. The lowest BCUT2D eigenvalue weighted by Crippen LogP contribution is -2.50. The van der Waals surface area contributed by atoms with Crippen LogP contribution in [-0.2, 0) is 39.1 Å². The monoisotopic (exact) mass is 569 g/mol. The molecule has 0 aliphatic carbocycles. The van der Waals surface area contributed by atoms with E-state index in [1.165, 1.54) is 0 Å². The average Bonchev–Trinajstić information content (AvgIpc) is 3.02. The predicted molar refractivity (Wildman–Crippen MR) is 157 cm³/mol. The molecule has 0 saturated carbocycles. The zero-order valence-corrected chi connectivity index (χ0v) is 23.2. The van der Waals surface area contributed by atoms with Crippen molar-refractivity contribution < 1.29 is 22.7 Å². The third-order valence-corrected chi connectivity index (χ3v) is 8.26. The van der Waals surface area contributed by atoms with Crippen LogP contribution in [0.1, 0.15) is 23.1 Å². The van der Waals surface area contributed by atoms with Crippen molar-refractivity contribution >= 4 is 27.5 Å². The van der Waals surface area contributed by atoms with Gasteiger partial charge in [0, 0.05) is 19.5 Å². The van der Waals surface area contributed by atoms with Crippen molar-refractivity contribution in [2.24, 2.45) is 0 Å². The maximum absolute atomic E-state index is 13.4. The van der Waals surface area contributed by atoms with Gasteiger partial charge >= 0.3 is 0 Å². The summed E-state index contributed by atoms with van der Waals surface area (Å²) in [5, 5.41) is 2.90. The van der Waals surface area contributed by atoms with Crippen molar-refractivity contribution in [1.29, 1.82) is 0 Å². The number of fused-ring (bicyclic) bond motifs is 1. The number of sulfonamides is 1. The number of anilines is 1. The van der Waals surface area contributed by atoms with Gasteiger partial charge in [-0.05, 0) is 47.4 Å². The number of nitrogens with zero attached hydrogens (tertiary/aromatic N) is 1. The lowest BCUT2D eigenvalue weighted by Gasteiger charge is -2.34. The predicted octanol–water partition coefficient (Wildman–Crippen LogP) is 4.21. The molecule has 4 aromatic carbocycles. The molecule has 5 rings (SSSR count). The fourth-order valence-electron chi connectivity index (χ4n) is 4.59. The quantitative estimate of drug-likeness (QED) is 0.298. The summed E-state index contributed by atoms with van der Waals surface area (Å²) in [6.45, 7) is 0.662. The standard InChI is InChI=1S/C32H31N3O5S/c36-31(20-17-24-15-18-27(19-16-24)41(38,39)34-22-26-11-5-2-6-12-26)35-23-30(40-29-14-8-7-13-28(29)35)32(37)33-21-25-9-3-1-4-10-25/h1-16,18-19,30,34H,17,20-23H2,(H,33,37). The minimum Gasteiger partial charge on any atom is -0.477 e. The highest BCUT2D eigenvalue weighted by molar-refractivity contribution is 7.89. The molecule has 0 bridgehead atoms. The first-order valence-electron chi connectivity index (χ1n) is 13.4. The molecule has 1 heterocycles. The number of hydrogen-bond donors (Lipinski definition) is 2. The Morgan fingerprint density at radius 3 is 2.05 bits per heavy atom. The normalized spacial score (nSPS) is 14.5. The summed E-state index contributed by atoms with van der Waals surface area (Å²) in [5.74, 6) is 0.0335. The Morgan fingerprint density at radius 1 is 0.756 bits per heavy atom. The first-order valence-corrected chi connectivity index (χ1v) is 14.9. The van der Waals surface area contributed by atoms with E-state index in [-0.39, 0.29) is 36.2 Å². The minimum atomic E-state index is -3.67. The van der Waals surface area contributed by atoms with Crippen LogP contribution in [0.25, 0.3) is 0 Å². The highest BCUT2D eigenvalue weighted by Crippen LogP contribution is 2.33. The first-order chi connectivity index (χ1) is 19.9. The van der Waals surface area contributed by atoms with E-state index in [4.69, 9.17) is 4.74 Å². The number of ether oxygens (including phenoxy) is 1. The Morgan fingerprint density at radius 2 is 1.37 bits per heavy atom. The third kappa shape index (κ3) is 7.19. The van der Waals surface area contributed by atoms with Gasteiger partial charge in [-0.1, -0.05) is 84.9 Å². The molecule has 0 radical (unpaired) electrons. The van der Waals surface area contributed by atoms with Crippen molar-refractivity contribution in [1.82, 2.24) is 10.0 Å². The van der Waals surface area contributed by atoms with E-state index in [9.17, 15) is 18.0 Å². The molecule has 4 aromatic rings. The zero-order valence-electron chi connectivity index (χ0n) is 22.4. The summed E-state index contributed by atoms with van der Waals surface area (Å²) in [5.41, 5.74) is 3.29. The van der Waals surface area contributed by atoms with Crippen LogP contribution in [0.3, 0.4) is 0 Å². The molecule has 2 amide bonds. The zero-order chi connectivity index (χ0) is 28.7. The van der Waals surface area contributed by atoms with Gasteiger partial charge in [-0.3, -0.25) is 9.59 Å². The van der Waals surface area contributed by atoms with E-state index >= 15 is 0 Å². The maximum Gasteiger partial charge on any atom is 0.263 e. The Bertz CT molecular complexity index is 1590. The number of benzene rings is 4. The Hall–Kier alpha value is -4.47. The van der Waals surface area contributed by atoms with Crippen LogP contribution in [0.15, 0.2) is 114 Å². The Kier molecular flexibility index (Phi) is 8.76. The maximum atomic E-state index is 13.4. The van der Waals surface area contributed by atoms with E-state index in [1.807, 2.05) is 66.7 Å². The van der Waals surface area contributed by atoms with Crippen molar-refractivity contribution in [3.63, 3.8) is 0 Å². The molecule has 9 heteroatoms. The molecule has 1 aliphatic heterocycles. The number of nitrogens with one attached hydrogen (secondary N) is 2. The molecule has 2 N–H and O–H groups in total. The summed E-state index contributed by atoms with van der Waals surface area (Å²) in [4.78, 5) is 28.1. The fraction of sp³-hybridized carbons (Fsp3) is 0.188. The minimum absolute atomic E-state index is 0.0980. The van der Waals surface area contributed by atoms with Crippen molar-refractivity contribution in [2.45, 2.75) is 36.9 Å². The molecule has 0 spiro atoms. The second-order valence-corrected chi connectivity index (χ2v) is 11.5. The van der Waals surface area contributed by atoms with Crippen LogP contribution in [0.2, 0.25) is 0 Å². The van der Waals surface area contributed by atoms with Crippen LogP contribution in [0, 0.1) is 0 Å². The van der Waals surface area contributed by atoms with E-state index in [1.54, 1.807) is 47.4 Å². The van der Waals surface area contributed by atoms with Gasteiger partial charge in [0.2, 0.25) is 15.9 Å². The average molecular weight is 570 g/mol. The summed E-state index contributed by atoms with van der Waals surface area (Å²) in [6.07, 6.45) is -0.239. The number of hydrogen-bond acceptors (Lipinski definition) is 5. The lowest BCUT2D eigenvalue weighted by molar-refractivity contribution is -0.128. The molecule has 0 saturated heterocycles. The second kappa shape index (κ2) is 12.8. The summed E-state index contributed by atoms with van der Waals surface area (Å²) < 4.78 is 34.0. The van der Waals surface area contributed by atoms with Crippen LogP contribution < -0.4 is 19.7 Å². The molecular weight excluding hydrogens is 538 g/mol. The Labute approximate surface area is 240 Å². The van der Waals surface area contributed by atoms with Gasteiger partial charge in [-0.25, -0.2) is 13.1 Å². The topological polar surface area (TPSA) is 105 Å². The van der Waals surface area contributed by atoms with Gasteiger partial charge < -0.3 is 15.0 Å². The number of carbonyl (C=O) groups is 2. The van der Waals surface area contributed by atoms with Gasteiger partial charge in [-0.15, -0.1) is 0 Å². The summed E-state index contributed by atoms with van der Waals surface area (Å²) >= 11 is 0. The van der Waals surface area contributed by atoms with Crippen LogP contribution in [0.4, 0.5) is 5.69 Å². The molecule has 1 unspecified atom stereocenters. The molecule has 41 heavy (non-hydrogen) atoms. The highest BCUT2D eigenvalue weighted by atomic mass is 32.2. The van der Waals surface area contributed by atoms with Crippen LogP contribution in [-0.4, -0.2) is 32.9 Å². The fourth-order valence-corrected chi connectivity index (χ4v) is 5.60. The first kappa shape index (κ1) is 28.1. The molecule has 0 fully saturated rings. The molecule has 1 atom stereocenters. The number of carbonyl (C=O) groups excluding carboxylic acids is 2. The van der Waals surface area contributed by atoms with Crippen LogP contribution >= 0.6 is 0 Å². The largest absolute Gasteiger partial charge is 0.477 e. The lowest BCUT2D eigenvalue weighted by atomic mass is 10.1. The van der Waals surface area contributed by atoms with Gasteiger partial charge in [0.15, 0.2) is 6.10 Å².